The van der Waals surface area contributed by atoms with Crippen LogP contribution in [-0.4, -0.2) is 34.5 Å². The van der Waals surface area contributed by atoms with Crippen molar-refractivity contribution in [1.82, 2.24) is 0 Å². The first kappa shape index (κ1) is 11.7. The maximum absolute atomic E-state index is 10.9. The highest BCUT2D eigenvalue weighted by atomic mass is 16.5. The summed E-state index contributed by atoms with van der Waals surface area (Å²) in [5.41, 5.74) is -0.0469. The standard InChI is InChI=1S/C12H14O5/c1-17-9-6-7(2-3-8(9)13)12(4-5-12)10(14)11(15)16/h2-3,6,10,13-14H,4-5H2,1H3,(H,15,16). The summed E-state index contributed by atoms with van der Waals surface area (Å²) in [6.45, 7) is 0. The molecule has 1 aliphatic carbocycles. The molecule has 1 aliphatic rings. The first-order valence-electron chi connectivity index (χ1n) is 5.29. The van der Waals surface area contributed by atoms with E-state index in [-0.39, 0.29) is 11.5 Å². The maximum atomic E-state index is 10.9. The second kappa shape index (κ2) is 3.92. The van der Waals surface area contributed by atoms with Crippen LogP contribution in [0.25, 0.3) is 0 Å². The van der Waals surface area contributed by atoms with Gasteiger partial charge < -0.3 is 20.1 Å². The molecule has 1 aromatic rings. The Hall–Kier alpha value is -1.75. The van der Waals surface area contributed by atoms with Crippen molar-refractivity contribution in [1.29, 1.82) is 0 Å². The number of carboxylic acid groups (broad SMARTS) is 1. The van der Waals surface area contributed by atoms with Gasteiger partial charge in [-0.3, -0.25) is 0 Å². The highest BCUT2D eigenvalue weighted by Gasteiger charge is 2.53. The molecule has 1 atom stereocenters. The van der Waals surface area contributed by atoms with Crippen molar-refractivity contribution < 1.29 is 24.9 Å². The van der Waals surface area contributed by atoms with Gasteiger partial charge in [0, 0.05) is 5.41 Å². The van der Waals surface area contributed by atoms with Gasteiger partial charge in [0.1, 0.15) is 0 Å². The number of hydrogen-bond acceptors (Lipinski definition) is 4. The van der Waals surface area contributed by atoms with Gasteiger partial charge in [0.25, 0.3) is 0 Å². The fourth-order valence-electron chi connectivity index (χ4n) is 2.08. The molecule has 0 bridgehead atoms. The van der Waals surface area contributed by atoms with Crippen LogP contribution in [0.4, 0.5) is 0 Å². The lowest BCUT2D eigenvalue weighted by atomic mass is 9.89. The Morgan fingerprint density at radius 2 is 2.12 bits per heavy atom. The molecular weight excluding hydrogens is 224 g/mol. The van der Waals surface area contributed by atoms with Crippen molar-refractivity contribution in [2.24, 2.45) is 0 Å². The lowest BCUT2D eigenvalue weighted by Gasteiger charge is -2.20. The van der Waals surface area contributed by atoms with E-state index in [2.05, 4.69) is 0 Å². The molecule has 0 aliphatic heterocycles. The Morgan fingerprint density at radius 3 is 2.59 bits per heavy atom. The zero-order valence-electron chi connectivity index (χ0n) is 9.38. The molecule has 0 saturated heterocycles. The van der Waals surface area contributed by atoms with Gasteiger partial charge in [0.15, 0.2) is 17.6 Å². The maximum Gasteiger partial charge on any atom is 0.333 e. The molecule has 5 nitrogen and oxygen atoms in total. The molecule has 1 aromatic carbocycles. The number of phenols is 1. The normalized spacial score (nSPS) is 18.5. The molecule has 1 saturated carbocycles. The number of carbonyl (C=O) groups is 1. The van der Waals surface area contributed by atoms with Crippen LogP contribution in [0.3, 0.4) is 0 Å². The van der Waals surface area contributed by atoms with Gasteiger partial charge in [-0.25, -0.2) is 4.79 Å². The summed E-state index contributed by atoms with van der Waals surface area (Å²) in [6, 6.07) is 4.65. The Morgan fingerprint density at radius 1 is 1.47 bits per heavy atom. The molecule has 0 spiro atoms. The average Bonchev–Trinajstić information content (AvgIpc) is 3.10. The topological polar surface area (TPSA) is 87.0 Å². The number of ether oxygens (including phenoxy) is 1. The lowest BCUT2D eigenvalue weighted by Crippen LogP contribution is -2.33. The molecule has 5 heteroatoms. The van der Waals surface area contributed by atoms with Crippen molar-refractivity contribution in [2.75, 3.05) is 7.11 Å². The monoisotopic (exact) mass is 238 g/mol. The number of aliphatic hydroxyl groups is 1. The van der Waals surface area contributed by atoms with Crippen molar-refractivity contribution in [3.63, 3.8) is 0 Å². The highest BCUT2D eigenvalue weighted by Crippen LogP contribution is 2.52. The number of benzene rings is 1. The summed E-state index contributed by atoms with van der Waals surface area (Å²) in [7, 11) is 1.42. The van der Waals surface area contributed by atoms with Gasteiger partial charge >= 0.3 is 5.97 Å². The highest BCUT2D eigenvalue weighted by molar-refractivity contribution is 5.75. The van der Waals surface area contributed by atoms with Gasteiger partial charge in [-0.05, 0) is 30.5 Å². The number of rotatable bonds is 4. The molecule has 1 fully saturated rings. The van der Waals surface area contributed by atoms with Gasteiger partial charge in [0.2, 0.25) is 0 Å². The molecule has 0 amide bonds. The second-order valence-corrected chi connectivity index (χ2v) is 4.28. The Balaban J connectivity index is 2.37. The number of aromatic hydroxyl groups is 1. The van der Waals surface area contributed by atoms with E-state index in [0.717, 1.165) is 0 Å². The van der Waals surface area contributed by atoms with Crippen molar-refractivity contribution in [3.05, 3.63) is 23.8 Å². The molecule has 0 radical (unpaired) electrons. The Labute approximate surface area is 98.3 Å². The third kappa shape index (κ3) is 1.82. The van der Waals surface area contributed by atoms with Crippen LogP contribution in [0.1, 0.15) is 18.4 Å². The van der Waals surface area contributed by atoms with Crippen molar-refractivity contribution in [3.8, 4) is 11.5 Å². The first-order chi connectivity index (χ1) is 8.01. The fraction of sp³-hybridized carbons (Fsp3) is 0.417. The van der Waals surface area contributed by atoms with Crippen LogP contribution in [-0.2, 0) is 10.2 Å². The van der Waals surface area contributed by atoms with Gasteiger partial charge in [-0.2, -0.15) is 0 Å². The Kier molecular flexibility index (Phi) is 2.71. The predicted octanol–water partition coefficient (Wildman–Crippen LogP) is 0.878. The average molecular weight is 238 g/mol. The fourth-order valence-corrected chi connectivity index (χ4v) is 2.08. The van der Waals surface area contributed by atoms with Gasteiger partial charge in [-0.15, -0.1) is 0 Å². The number of hydrogen-bond donors (Lipinski definition) is 3. The zero-order chi connectivity index (χ0) is 12.6. The number of carboxylic acids is 1. The van der Waals surface area contributed by atoms with E-state index in [1.54, 1.807) is 12.1 Å². The third-order valence-electron chi connectivity index (χ3n) is 3.30. The predicted molar refractivity (Wildman–Crippen MR) is 59.2 cm³/mol. The minimum atomic E-state index is -1.42. The summed E-state index contributed by atoms with van der Waals surface area (Å²) in [5.74, 6) is -0.947. The molecule has 92 valence electrons. The van der Waals surface area contributed by atoms with E-state index >= 15 is 0 Å². The van der Waals surface area contributed by atoms with Gasteiger partial charge in [-0.1, -0.05) is 6.07 Å². The van der Waals surface area contributed by atoms with Crippen molar-refractivity contribution >= 4 is 5.97 Å². The van der Waals surface area contributed by atoms with E-state index in [1.165, 1.54) is 13.2 Å². The largest absolute Gasteiger partial charge is 0.504 e. The molecular formula is C12H14O5. The quantitative estimate of drug-likeness (QED) is 0.724. The van der Waals surface area contributed by atoms with E-state index < -0.39 is 17.5 Å². The molecule has 0 heterocycles. The lowest BCUT2D eigenvalue weighted by molar-refractivity contribution is -0.148. The van der Waals surface area contributed by atoms with E-state index in [1.807, 2.05) is 0 Å². The summed E-state index contributed by atoms with van der Waals surface area (Å²) >= 11 is 0. The number of aliphatic hydroxyl groups excluding tert-OH is 1. The van der Waals surface area contributed by atoms with Crippen LogP contribution in [0.2, 0.25) is 0 Å². The summed E-state index contributed by atoms with van der Waals surface area (Å²) in [4.78, 5) is 10.9. The van der Waals surface area contributed by atoms with E-state index in [0.29, 0.717) is 18.4 Å². The smallest absolute Gasteiger partial charge is 0.333 e. The summed E-state index contributed by atoms with van der Waals surface area (Å²) in [6.07, 6.45) is -0.181. The molecule has 0 aromatic heterocycles. The minimum Gasteiger partial charge on any atom is -0.504 e. The van der Waals surface area contributed by atoms with Crippen LogP contribution in [0, 0.1) is 0 Å². The SMILES string of the molecule is COc1cc(C2(C(O)C(=O)O)CC2)ccc1O. The van der Waals surface area contributed by atoms with E-state index in [4.69, 9.17) is 9.84 Å². The molecule has 1 unspecified atom stereocenters. The Bertz CT molecular complexity index is 450. The number of methoxy groups -OCH3 is 1. The molecule has 2 rings (SSSR count). The molecule has 3 N–H and O–H groups in total. The zero-order valence-corrected chi connectivity index (χ0v) is 9.38. The number of phenolic OH excluding ortho intramolecular Hbond substituents is 1. The second-order valence-electron chi connectivity index (χ2n) is 4.28. The third-order valence-corrected chi connectivity index (χ3v) is 3.30. The van der Waals surface area contributed by atoms with Crippen LogP contribution >= 0.6 is 0 Å². The van der Waals surface area contributed by atoms with E-state index in [9.17, 15) is 15.0 Å². The minimum absolute atomic E-state index is 0.00290. The summed E-state index contributed by atoms with van der Waals surface area (Å²) < 4.78 is 4.97. The van der Waals surface area contributed by atoms with Crippen LogP contribution in [0.5, 0.6) is 11.5 Å². The first-order valence-corrected chi connectivity index (χ1v) is 5.29. The van der Waals surface area contributed by atoms with Gasteiger partial charge in [0.05, 0.1) is 7.11 Å². The summed E-state index contributed by atoms with van der Waals surface area (Å²) in [5, 5.41) is 28.0. The van der Waals surface area contributed by atoms with Crippen LogP contribution in [0.15, 0.2) is 18.2 Å². The number of aliphatic carboxylic acids is 1. The van der Waals surface area contributed by atoms with Crippen LogP contribution < -0.4 is 4.74 Å². The van der Waals surface area contributed by atoms with Crippen molar-refractivity contribution in [2.45, 2.75) is 24.4 Å². The molecule has 17 heavy (non-hydrogen) atoms.